The average Bonchev–Trinajstić information content (AvgIpc) is 3.15. The number of halogens is 1. The van der Waals surface area contributed by atoms with Crippen molar-refractivity contribution < 1.29 is 18.7 Å². The van der Waals surface area contributed by atoms with Crippen LogP contribution >= 0.6 is 23.4 Å². The number of amides is 1. The minimum absolute atomic E-state index is 0.0246. The summed E-state index contributed by atoms with van der Waals surface area (Å²) in [5.74, 6) is -0.235. The van der Waals surface area contributed by atoms with Crippen molar-refractivity contribution in [1.29, 1.82) is 0 Å². The van der Waals surface area contributed by atoms with E-state index in [9.17, 15) is 9.59 Å². The lowest BCUT2D eigenvalue weighted by atomic mass is 10.2. The average molecular weight is 404 g/mol. The molecular weight excluding hydrogens is 390 g/mol. The molecule has 0 unspecified atom stereocenters. The minimum Gasteiger partial charge on any atom is -0.424 e. The van der Waals surface area contributed by atoms with E-state index in [1.54, 1.807) is 48.5 Å². The second kappa shape index (κ2) is 9.20. The maximum absolute atomic E-state index is 12.0. The maximum atomic E-state index is 12.0. The number of nitrogens with one attached hydrogen (secondary N) is 1. The third-order valence-corrected chi connectivity index (χ3v) is 4.36. The molecular formula is C18H14ClN3O4S. The summed E-state index contributed by atoms with van der Waals surface area (Å²) in [6, 6.07) is 15.5. The predicted molar refractivity (Wildman–Crippen MR) is 99.7 cm³/mol. The van der Waals surface area contributed by atoms with E-state index in [-0.39, 0.29) is 29.3 Å². The highest BCUT2D eigenvalue weighted by Gasteiger charge is 2.13. The number of benzene rings is 2. The normalized spacial score (nSPS) is 10.4. The van der Waals surface area contributed by atoms with E-state index in [4.69, 9.17) is 20.8 Å². The van der Waals surface area contributed by atoms with Crippen molar-refractivity contribution in [2.75, 3.05) is 5.75 Å². The van der Waals surface area contributed by atoms with E-state index in [0.29, 0.717) is 16.3 Å². The molecule has 3 aromatic rings. The summed E-state index contributed by atoms with van der Waals surface area (Å²) in [5, 5.41) is 10.9. The number of aromatic nitrogens is 2. The van der Waals surface area contributed by atoms with Crippen molar-refractivity contribution in [3.8, 4) is 5.75 Å². The van der Waals surface area contributed by atoms with Crippen molar-refractivity contribution >= 4 is 35.2 Å². The van der Waals surface area contributed by atoms with Gasteiger partial charge in [0.2, 0.25) is 5.89 Å². The summed E-state index contributed by atoms with van der Waals surface area (Å²) in [5.41, 5.74) is 0.536. The van der Waals surface area contributed by atoms with Gasteiger partial charge in [0.25, 0.3) is 11.1 Å². The molecule has 27 heavy (non-hydrogen) atoms. The molecule has 0 radical (unpaired) electrons. The van der Waals surface area contributed by atoms with E-state index in [2.05, 4.69) is 15.5 Å². The number of hydrogen-bond donors (Lipinski definition) is 1. The highest BCUT2D eigenvalue weighted by Crippen LogP contribution is 2.24. The predicted octanol–water partition coefficient (Wildman–Crippen LogP) is 3.35. The standard InChI is InChI=1S/C18H14ClN3O4S/c19-13-8-4-5-9-14(13)25-16(23)11-27-18-22-21-15(26-18)10-20-17(24)12-6-2-1-3-7-12/h1-9H,10-11H2,(H,20,24). The van der Waals surface area contributed by atoms with Crippen LogP contribution in [-0.2, 0) is 11.3 Å². The number of carbonyl (C=O) groups excluding carboxylic acids is 2. The topological polar surface area (TPSA) is 94.3 Å². The van der Waals surface area contributed by atoms with Crippen LogP contribution in [0.2, 0.25) is 5.02 Å². The molecule has 0 saturated heterocycles. The summed E-state index contributed by atoms with van der Waals surface area (Å²) < 4.78 is 10.5. The molecule has 0 aliphatic carbocycles. The summed E-state index contributed by atoms with van der Waals surface area (Å²) in [4.78, 5) is 23.8. The largest absolute Gasteiger partial charge is 0.424 e. The number of nitrogens with zero attached hydrogens (tertiary/aromatic N) is 2. The molecule has 1 N–H and O–H groups in total. The Morgan fingerprint density at radius 3 is 2.59 bits per heavy atom. The molecule has 7 nitrogen and oxygen atoms in total. The molecule has 1 heterocycles. The van der Waals surface area contributed by atoms with E-state index in [1.165, 1.54) is 0 Å². The molecule has 1 aromatic heterocycles. The van der Waals surface area contributed by atoms with E-state index >= 15 is 0 Å². The zero-order valence-electron chi connectivity index (χ0n) is 13.9. The quantitative estimate of drug-likeness (QED) is 0.367. The first kappa shape index (κ1) is 18.9. The van der Waals surface area contributed by atoms with Crippen LogP contribution in [0.5, 0.6) is 5.75 Å². The van der Waals surface area contributed by atoms with Crippen LogP contribution in [0.15, 0.2) is 64.2 Å². The number of ether oxygens (including phenoxy) is 1. The fraction of sp³-hybridized carbons (Fsp3) is 0.111. The van der Waals surface area contributed by atoms with Gasteiger partial charge in [-0.2, -0.15) is 0 Å². The van der Waals surface area contributed by atoms with Crippen molar-refractivity contribution in [3.05, 3.63) is 71.1 Å². The number of carbonyl (C=O) groups is 2. The third kappa shape index (κ3) is 5.57. The summed E-state index contributed by atoms with van der Waals surface area (Å²) in [6.07, 6.45) is 0. The molecule has 0 atom stereocenters. The summed E-state index contributed by atoms with van der Waals surface area (Å²) in [7, 11) is 0. The van der Waals surface area contributed by atoms with Gasteiger partial charge in [0.15, 0.2) is 0 Å². The van der Waals surface area contributed by atoms with Gasteiger partial charge in [-0.15, -0.1) is 10.2 Å². The van der Waals surface area contributed by atoms with Crippen LogP contribution in [-0.4, -0.2) is 27.8 Å². The van der Waals surface area contributed by atoms with Gasteiger partial charge in [0, 0.05) is 5.56 Å². The lowest BCUT2D eigenvalue weighted by molar-refractivity contribution is -0.131. The zero-order valence-corrected chi connectivity index (χ0v) is 15.5. The van der Waals surface area contributed by atoms with Gasteiger partial charge >= 0.3 is 5.97 Å². The fourth-order valence-corrected chi connectivity index (χ4v) is 2.74. The van der Waals surface area contributed by atoms with Crippen molar-refractivity contribution in [3.63, 3.8) is 0 Å². The van der Waals surface area contributed by atoms with Gasteiger partial charge < -0.3 is 14.5 Å². The van der Waals surface area contributed by atoms with Gasteiger partial charge in [-0.25, -0.2) is 0 Å². The highest BCUT2D eigenvalue weighted by atomic mass is 35.5. The Morgan fingerprint density at radius 2 is 1.81 bits per heavy atom. The molecule has 0 aliphatic heterocycles. The zero-order chi connectivity index (χ0) is 19.1. The molecule has 0 spiro atoms. The van der Waals surface area contributed by atoms with Gasteiger partial charge in [-0.1, -0.05) is 53.7 Å². The SMILES string of the molecule is O=C(CSc1nnc(CNC(=O)c2ccccc2)o1)Oc1ccccc1Cl. The number of para-hydroxylation sites is 1. The van der Waals surface area contributed by atoms with Gasteiger partial charge in [0.1, 0.15) is 11.5 Å². The maximum Gasteiger partial charge on any atom is 0.321 e. The van der Waals surface area contributed by atoms with Crippen molar-refractivity contribution in [2.45, 2.75) is 11.8 Å². The number of rotatable bonds is 7. The molecule has 3 rings (SSSR count). The van der Waals surface area contributed by atoms with Gasteiger partial charge in [0.05, 0.1) is 11.6 Å². The Morgan fingerprint density at radius 1 is 1.07 bits per heavy atom. The second-order valence-corrected chi connectivity index (χ2v) is 6.54. The molecule has 9 heteroatoms. The molecule has 0 fully saturated rings. The lowest BCUT2D eigenvalue weighted by Gasteiger charge is -2.04. The van der Waals surface area contributed by atoms with Crippen LogP contribution in [0.4, 0.5) is 0 Å². The minimum atomic E-state index is -0.495. The van der Waals surface area contributed by atoms with E-state index in [0.717, 1.165) is 11.8 Å². The first-order valence-electron chi connectivity index (χ1n) is 7.85. The number of esters is 1. The van der Waals surface area contributed by atoms with E-state index in [1.807, 2.05) is 6.07 Å². The highest BCUT2D eigenvalue weighted by molar-refractivity contribution is 7.99. The molecule has 138 valence electrons. The second-order valence-electron chi connectivity index (χ2n) is 5.20. The van der Waals surface area contributed by atoms with Crippen LogP contribution in [0.25, 0.3) is 0 Å². The van der Waals surface area contributed by atoms with Crippen molar-refractivity contribution in [2.24, 2.45) is 0 Å². The van der Waals surface area contributed by atoms with Crippen molar-refractivity contribution in [1.82, 2.24) is 15.5 Å². The van der Waals surface area contributed by atoms with Crippen LogP contribution in [0.1, 0.15) is 16.2 Å². The molecule has 0 bridgehead atoms. The monoisotopic (exact) mass is 403 g/mol. The van der Waals surface area contributed by atoms with Crippen LogP contribution < -0.4 is 10.1 Å². The van der Waals surface area contributed by atoms with Crippen LogP contribution in [0, 0.1) is 0 Å². The van der Waals surface area contributed by atoms with E-state index < -0.39 is 5.97 Å². The Kier molecular flexibility index (Phi) is 6.45. The Bertz CT molecular complexity index is 933. The number of hydrogen-bond acceptors (Lipinski definition) is 7. The Hall–Kier alpha value is -2.84. The Balaban J connectivity index is 1.46. The smallest absolute Gasteiger partial charge is 0.321 e. The lowest BCUT2D eigenvalue weighted by Crippen LogP contribution is -2.22. The van der Waals surface area contributed by atoms with Gasteiger partial charge in [-0.3, -0.25) is 9.59 Å². The first-order valence-corrected chi connectivity index (χ1v) is 9.22. The Labute approximate surface area is 164 Å². The first-order chi connectivity index (χ1) is 13.1. The third-order valence-electron chi connectivity index (χ3n) is 3.26. The summed E-state index contributed by atoms with van der Waals surface area (Å²) in [6.45, 7) is 0.0886. The molecule has 0 saturated carbocycles. The molecule has 0 aliphatic rings. The van der Waals surface area contributed by atoms with Crippen LogP contribution in [0.3, 0.4) is 0 Å². The summed E-state index contributed by atoms with van der Waals surface area (Å²) >= 11 is 6.97. The fourth-order valence-electron chi connectivity index (χ4n) is 2.02. The molecule has 2 aromatic carbocycles. The van der Waals surface area contributed by atoms with Gasteiger partial charge in [-0.05, 0) is 24.3 Å². The molecule has 1 amide bonds. The number of thioether (sulfide) groups is 1.